The molecule has 1 aliphatic heterocycles. The molecular formula is C19H34IN5O2S. The molecule has 1 amide bonds. The molecule has 2 N–H and O–H groups in total. The minimum Gasteiger partial charge on any atom is -0.444 e. The Balaban J connectivity index is 0.00000392. The van der Waals surface area contributed by atoms with Gasteiger partial charge >= 0.3 is 6.09 Å². The van der Waals surface area contributed by atoms with Gasteiger partial charge in [-0.05, 0) is 47.0 Å². The van der Waals surface area contributed by atoms with Gasteiger partial charge in [0, 0.05) is 31.1 Å². The summed E-state index contributed by atoms with van der Waals surface area (Å²) in [6.45, 7) is 12.5. The molecule has 28 heavy (non-hydrogen) atoms. The fraction of sp³-hybridized carbons (Fsp3) is 0.737. The summed E-state index contributed by atoms with van der Waals surface area (Å²) >= 11 is 1.68. The van der Waals surface area contributed by atoms with Gasteiger partial charge in [-0.1, -0.05) is 6.92 Å². The van der Waals surface area contributed by atoms with Gasteiger partial charge in [-0.15, -0.1) is 35.3 Å². The summed E-state index contributed by atoms with van der Waals surface area (Å²) in [4.78, 5) is 23.3. The number of amides is 1. The second-order valence-corrected chi connectivity index (χ2v) is 8.63. The number of ether oxygens (including phenoxy) is 1. The van der Waals surface area contributed by atoms with Crippen molar-refractivity contribution in [3.8, 4) is 0 Å². The Morgan fingerprint density at radius 2 is 2.18 bits per heavy atom. The van der Waals surface area contributed by atoms with Crippen molar-refractivity contribution in [3.63, 3.8) is 0 Å². The molecule has 9 heteroatoms. The van der Waals surface area contributed by atoms with Crippen molar-refractivity contribution in [1.82, 2.24) is 20.5 Å². The molecule has 0 spiro atoms. The lowest BCUT2D eigenvalue weighted by Crippen LogP contribution is -2.53. The molecule has 1 unspecified atom stereocenters. The Hall–Kier alpha value is -1.10. The van der Waals surface area contributed by atoms with E-state index in [-0.39, 0.29) is 36.1 Å². The normalized spacial score (nSPS) is 17.7. The molecule has 2 rings (SSSR count). The van der Waals surface area contributed by atoms with Crippen LogP contribution in [0.5, 0.6) is 0 Å². The van der Waals surface area contributed by atoms with E-state index in [4.69, 9.17) is 4.74 Å². The fourth-order valence-corrected chi connectivity index (χ4v) is 3.58. The Bertz CT molecular complexity index is 645. The number of carbonyl (C=O) groups is 1. The number of aliphatic imine (C=N–C) groups is 1. The lowest BCUT2D eigenvalue weighted by Gasteiger charge is -2.35. The molecule has 0 aliphatic carbocycles. The number of hydrogen-bond donors (Lipinski definition) is 2. The maximum Gasteiger partial charge on any atom is 0.410 e. The summed E-state index contributed by atoms with van der Waals surface area (Å²) in [5.41, 5.74) is 0.520. The largest absolute Gasteiger partial charge is 0.444 e. The van der Waals surface area contributed by atoms with Gasteiger partial charge in [0.1, 0.15) is 5.60 Å². The van der Waals surface area contributed by atoms with Gasteiger partial charge in [0.05, 0.1) is 17.2 Å². The number of likely N-dealkylation sites (tertiary alicyclic amines) is 1. The van der Waals surface area contributed by atoms with E-state index in [1.165, 1.54) is 0 Å². The third-order valence-corrected chi connectivity index (χ3v) is 5.10. The third kappa shape index (κ3) is 8.50. The van der Waals surface area contributed by atoms with E-state index < -0.39 is 5.60 Å². The molecule has 0 radical (unpaired) electrons. The monoisotopic (exact) mass is 523 g/mol. The van der Waals surface area contributed by atoms with Crippen LogP contribution in [0.25, 0.3) is 0 Å². The second-order valence-electron chi connectivity index (χ2n) is 7.69. The zero-order chi connectivity index (χ0) is 19.9. The van der Waals surface area contributed by atoms with Gasteiger partial charge in [-0.2, -0.15) is 0 Å². The average molecular weight is 523 g/mol. The summed E-state index contributed by atoms with van der Waals surface area (Å²) in [7, 11) is 0. The van der Waals surface area contributed by atoms with Crippen molar-refractivity contribution in [2.24, 2.45) is 4.99 Å². The molecule has 0 bridgehead atoms. The van der Waals surface area contributed by atoms with E-state index in [9.17, 15) is 4.79 Å². The number of nitrogens with one attached hydrogen (secondary N) is 2. The van der Waals surface area contributed by atoms with Gasteiger partial charge in [0.25, 0.3) is 0 Å². The highest BCUT2D eigenvalue weighted by atomic mass is 127. The molecule has 2 heterocycles. The molecule has 0 aromatic carbocycles. The van der Waals surface area contributed by atoms with Gasteiger partial charge in [0.15, 0.2) is 5.96 Å². The fourth-order valence-electron chi connectivity index (χ4n) is 2.84. The highest BCUT2D eigenvalue weighted by Gasteiger charge is 2.28. The number of hydrogen-bond acceptors (Lipinski definition) is 5. The zero-order valence-electron chi connectivity index (χ0n) is 17.6. The number of aromatic nitrogens is 1. The van der Waals surface area contributed by atoms with E-state index in [1.54, 1.807) is 16.2 Å². The van der Waals surface area contributed by atoms with E-state index in [1.807, 2.05) is 27.7 Å². The first-order valence-corrected chi connectivity index (χ1v) is 10.6. The van der Waals surface area contributed by atoms with Crippen molar-refractivity contribution in [2.75, 3.05) is 19.6 Å². The predicted molar refractivity (Wildman–Crippen MR) is 126 cm³/mol. The molecule has 1 aromatic heterocycles. The lowest BCUT2D eigenvalue weighted by atomic mass is 10.1. The Kier molecular flexibility index (Phi) is 10.5. The van der Waals surface area contributed by atoms with E-state index >= 15 is 0 Å². The van der Waals surface area contributed by atoms with Gasteiger partial charge in [-0.25, -0.2) is 14.8 Å². The molecule has 1 fully saturated rings. The number of nitrogens with zero attached hydrogens (tertiary/aromatic N) is 3. The van der Waals surface area contributed by atoms with Gasteiger partial charge < -0.3 is 20.3 Å². The molecule has 160 valence electrons. The van der Waals surface area contributed by atoms with E-state index in [0.717, 1.165) is 49.0 Å². The van der Waals surface area contributed by atoms with Crippen molar-refractivity contribution < 1.29 is 9.53 Å². The van der Waals surface area contributed by atoms with Gasteiger partial charge in [0.2, 0.25) is 0 Å². The number of piperidine rings is 1. The first-order chi connectivity index (χ1) is 12.8. The van der Waals surface area contributed by atoms with Crippen LogP contribution < -0.4 is 10.6 Å². The van der Waals surface area contributed by atoms with Crippen LogP contribution in [-0.2, 0) is 17.7 Å². The molecular weight excluding hydrogens is 489 g/mol. The molecule has 1 aliphatic rings. The van der Waals surface area contributed by atoms with E-state index in [0.29, 0.717) is 13.1 Å². The SMILES string of the molecule is CCNC(=NCc1csc(CC)n1)NC1CCCN(C(=O)OC(C)(C)C)C1.I. The number of halogens is 1. The van der Waals surface area contributed by atoms with Crippen LogP contribution in [0.15, 0.2) is 10.4 Å². The molecule has 0 saturated carbocycles. The summed E-state index contributed by atoms with van der Waals surface area (Å²) < 4.78 is 5.50. The van der Waals surface area contributed by atoms with Crippen molar-refractivity contribution in [2.45, 2.75) is 72.1 Å². The highest BCUT2D eigenvalue weighted by molar-refractivity contribution is 14.0. The molecule has 7 nitrogen and oxygen atoms in total. The first kappa shape index (κ1) is 24.9. The molecule has 1 aromatic rings. The summed E-state index contributed by atoms with van der Waals surface area (Å²) in [5, 5.41) is 9.95. The van der Waals surface area contributed by atoms with Crippen molar-refractivity contribution in [1.29, 1.82) is 0 Å². The van der Waals surface area contributed by atoms with Crippen LogP contribution >= 0.6 is 35.3 Å². The minimum absolute atomic E-state index is 0. The van der Waals surface area contributed by atoms with E-state index in [2.05, 4.69) is 32.9 Å². The number of guanidine groups is 1. The summed E-state index contributed by atoms with van der Waals surface area (Å²) in [6, 6.07) is 0.158. The maximum atomic E-state index is 12.3. The highest BCUT2D eigenvalue weighted by Crippen LogP contribution is 2.15. The lowest BCUT2D eigenvalue weighted by molar-refractivity contribution is 0.0193. The Labute approximate surface area is 189 Å². The molecule has 1 saturated heterocycles. The smallest absolute Gasteiger partial charge is 0.410 e. The Morgan fingerprint density at radius 3 is 2.79 bits per heavy atom. The molecule has 1 atom stereocenters. The topological polar surface area (TPSA) is 78.9 Å². The number of thiazole rings is 1. The minimum atomic E-state index is -0.473. The summed E-state index contributed by atoms with van der Waals surface area (Å²) in [6.07, 6.45) is 2.66. The standard InChI is InChI=1S/C19H33N5O2S.HI/c1-6-16-22-15(13-27-16)11-21-17(20-7-2)23-14-9-8-10-24(12-14)18(25)26-19(3,4)5;/h13-14H,6-12H2,1-5H3,(H2,20,21,23);1H. The second kappa shape index (κ2) is 11.8. The van der Waals surface area contributed by atoms with Crippen LogP contribution in [0.3, 0.4) is 0 Å². The maximum absolute atomic E-state index is 12.3. The third-order valence-electron chi connectivity index (χ3n) is 4.06. The van der Waals surface area contributed by atoms with Crippen LogP contribution in [0.4, 0.5) is 4.79 Å². The van der Waals surface area contributed by atoms with Crippen LogP contribution in [0, 0.1) is 0 Å². The zero-order valence-corrected chi connectivity index (χ0v) is 20.7. The quantitative estimate of drug-likeness (QED) is 0.349. The number of carbonyl (C=O) groups excluding carboxylic acids is 1. The van der Waals surface area contributed by atoms with Crippen molar-refractivity contribution >= 4 is 47.4 Å². The predicted octanol–water partition coefficient (Wildman–Crippen LogP) is 3.78. The Morgan fingerprint density at radius 1 is 1.43 bits per heavy atom. The summed E-state index contributed by atoms with van der Waals surface area (Å²) in [5.74, 6) is 0.764. The average Bonchev–Trinajstić information content (AvgIpc) is 3.07. The van der Waals surface area contributed by atoms with Crippen LogP contribution in [-0.4, -0.2) is 53.2 Å². The van der Waals surface area contributed by atoms with Crippen LogP contribution in [0.2, 0.25) is 0 Å². The van der Waals surface area contributed by atoms with Gasteiger partial charge in [-0.3, -0.25) is 0 Å². The van der Waals surface area contributed by atoms with Crippen molar-refractivity contribution in [3.05, 3.63) is 16.1 Å². The number of rotatable bonds is 5. The van der Waals surface area contributed by atoms with Crippen LogP contribution in [0.1, 0.15) is 58.2 Å². The first-order valence-electron chi connectivity index (χ1n) is 9.76. The number of aryl methyl sites for hydroxylation is 1.